The molecule has 3 aromatic heterocycles. The lowest BCUT2D eigenvalue weighted by atomic mass is 9.99. The Morgan fingerprint density at radius 2 is 2.04 bits per heavy atom. The molecular weight excluding hydrogens is 322 g/mol. The molecule has 0 amide bonds. The van der Waals surface area contributed by atoms with Gasteiger partial charge in [0, 0.05) is 30.5 Å². The van der Waals surface area contributed by atoms with Crippen molar-refractivity contribution in [2.24, 2.45) is 0 Å². The average Bonchev–Trinajstić information content (AvgIpc) is 3.09. The van der Waals surface area contributed by atoms with Gasteiger partial charge < -0.3 is 10.3 Å². The number of rotatable bonds is 4. The Kier molecular flexibility index (Phi) is 4.08. The monoisotopic (exact) mass is 339 g/mol. The fraction of sp³-hybridized carbons (Fsp3) is 0.0952. The van der Waals surface area contributed by atoms with Crippen LogP contribution < -0.4 is 5.32 Å². The summed E-state index contributed by atoms with van der Waals surface area (Å²) in [6.07, 6.45) is 5.55. The molecule has 0 saturated carbocycles. The number of hydrogen-bond acceptors (Lipinski definition) is 4. The highest BCUT2D eigenvalue weighted by Crippen LogP contribution is 2.26. The summed E-state index contributed by atoms with van der Waals surface area (Å²) >= 11 is 0. The molecule has 2 N–H and O–H groups in total. The van der Waals surface area contributed by atoms with E-state index >= 15 is 0 Å². The van der Waals surface area contributed by atoms with Gasteiger partial charge in [-0.3, -0.25) is 0 Å². The van der Waals surface area contributed by atoms with Crippen LogP contribution in [0.5, 0.6) is 0 Å². The first-order valence-electron chi connectivity index (χ1n) is 8.36. The Balaban J connectivity index is 1.57. The first kappa shape index (κ1) is 15.9. The normalized spacial score (nSPS) is 10.6. The predicted octanol–water partition coefficient (Wildman–Crippen LogP) is 4.42. The number of pyridine rings is 2. The first-order chi connectivity index (χ1) is 12.7. The Hall–Kier alpha value is -3.65. The minimum absolute atomic E-state index is 0.661. The first-order valence-corrected chi connectivity index (χ1v) is 8.36. The molecule has 0 fully saturated rings. The maximum atomic E-state index is 9.03. The number of nitriles is 1. The number of anilines is 1. The zero-order chi connectivity index (χ0) is 17.9. The molecule has 5 nitrogen and oxygen atoms in total. The maximum absolute atomic E-state index is 9.03. The van der Waals surface area contributed by atoms with Gasteiger partial charge in [0.25, 0.3) is 0 Å². The molecule has 5 heteroatoms. The van der Waals surface area contributed by atoms with E-state index in [9.17, 15) is 0 Å². The highest BCUT2D eigenvalue weighted by Gasteiger charge is 2.07. The summed E-state index contributed by atoms with van der Waals surface area (Å²) in [5.41, 5.74) is 5.96. The fourth-order valence-electron chi connectivity index (χ4n) is 3.10. The van der Waals surface area contributed by atoms with E-state index in [0.29, 0.717) is 12.1 Å². The molecule has 0 unspecified atom stereocenters. The third kappa shape index (κ3) is 3.01. The molecule has 3 heterocycles. The van der Waals surface area contributed by atoms with E-state index in [2.05, 4.69) is 32.4 Å². The summed E-state index contributed by atoms with van der Waals surface area (Å²) in [5, 5.41) is 13.5. The second kappa shape index (κ2) is 6.69. The second-order valence-corrected chi connectivity index (χ2v) is 6.14. The van der Waals surface area contributed by atoms with Gasteiger partial charge >= 0.3 is 0 Å². The average molecular weight is 339 g/mol. The number of fused-ring (bicyclic) bond motifs is 1. The molecule has 0 aliphatic heterocycles. The van der Waals surface area contributed by atoms with Crippen LogP contribution in [-0.4, -0.2) is 15.0 Å². The van der Waals surface area contributed by atoms with Crippen molar-refractivity contribution in [2.75, 3.05) is 5.32 Å². The van der Waals surface area contributed by atoms with E-state index in [1.165, 1.54) is 0 Å². The molecule has 0 bridgehead atoms. The number of aryl methyl sites for hydroxylation is 1. The quantitative estimate of drug-likeness (QED) is 0.577. The molecule has 0 saturated heterocycles. The van der Waals surface area contributed by atoms with Crippen molar-refractivity contribution in [1.29, 1.82) is 5.26 Å². The van der Waals surface area contributed by atoms with Gasteiger partial charge in [0.05, 0.1) is 11.6 Å². The van der Waals surface area contributed by atoms with E-state index in [1.807, 2.05) is 49.5 Å². The molecule has 0 aliphatic carbocycles. The summed E-state index contributed by atoms with van der Waals surface area (Å²) in [5.74, 6) is 0.810. The highest BCUT2D eigenvalue weighted by atomic mass is 15.0. The van der Waals surface area contributed by atoms with Crippen LogP contribution in [0.15, 0.2) is 61.1 Å². The number of aromatic amines is 1. The van der Waals surface area contributed by atoms with Gasteiger partial charge in [-0.25, -0.2) is 9.97 Å². The van der Waals surface area contributed by atoms with Gasteiger partial charge in [0.1, 0.15) is 11.5 Å². The van der Waals surface area contributed by atoms with E-state index in [1.54, 1.807) is 12.4 Å². The van der Waals surface area contributed by atoms with E-state index < -0.39 is 0 Å². The van der Waals surface area contributed by atoms with Gasteiger partial charge in [-0.2, -0.15) is 5.26 Å². The largest absolute Gasteiger partial charge is 0.366 e. The molecule has 1 aromatic carbocycles. The molecule has 0 spiro atoms. The summed E-state index contributed by atoms with van der Waals surface area (Å²) in [6.45, 7) is 2.68. The zero-order valence-corrected chi connectivity index (χ0v) is 14.3. The minimum Gasteiger partial charge on any atom is -0.366 e. The third-order valence-electron chi connectivity index (χ3n) is 4.42. The summed E-state index contributed by atoms with van der Waals surface area (Å²) < 4.78 is 0. The fourth-order valence-corrected chi connectivity index (χ4v) is 3.10. The topological polar surface area (TPSA) is 77.4 Å². The molecule has 0 aliphatic rings. The number of nitrogens with one attached hydrogen (secondary N) is 2. The number of aromatic nitrogens is 3. The van der Waals surface area contributed by atoms with Crippen LogP contribution in [0, 0.1) is 18.3 Å². The van der Waals surface area contributed by atoms with Gasteiger partial charge in [-0.05, 0) is 65.6 Å². The Labute approximate surface area is 151 Å². The lowest BCUT2D eigenvalue weighted by molar-refractivity contribution is 1.12. The van der Waals surface area contributed by atoms with Crippen molar-refractivity contribution in [3.63, 3.8) is 0 Å². The van der Waals surface area contributed by atoms with Crippen LogP contribution >= 0.6 is 0 Å². The van der Waals surface area contributed by atoms with E-state index in [-0.39, 0.29) is 0 Å². The van der Waals surface area contributed by atoms with Crippen molar-refractivity contribution < 1.29 is 0 Å². The summed E-state index contributed by atoms with van der Waals surface area (Å²) in [7, 11) is 0. The lowest BCUT2D eigenvalue weighted by Gasteiger charge is -2.09. The van der Waals surface area contributed by atoms with Crippen LogP contribution in [0.25, 0.3) is 22.2 Å². The molecule has 26 heavy (non-hydrogen) atoms. The second-order valence-electron chi connectivity index (χ2n) is 6.14. The molecule has 4 rings (SSSR count). The van der Waals surface area contributed by atoms with Crippen molar-refractivity contribution in [2.45, 2.75) is 13.5 Å². The van der Waals surface area contributed by atoms with Crippen LogP contribution in [0.2, 0.25) is 0 Å². The van der Waals surface area contributed by atoms with Gasteiger partial charge in [-0.1, -0.05) is 6.07 Å². The van der Waals surface area contributed by atoms with Crippen molar-refractivity contribution in [3.05, 3.63) is 77.7 Å². The third-order valence-corrected chi connectivity index (χ3v) is 4.42. The Bertz CT molecular complexity index is 1120. The Morgan fingerprint density at radius 3 is 2.88 bits per heavy atom. The molecule has 4 aromatic rings. The number of hydrogen-bond donors (Lipinski definition) is 2. The number of benzene rings is 1. The Morgan fingerprint density at radius 1 is 1.12 bits per heavy atom. The molecule has 126 valence electrons. The molecular formula is C21H17N5. The van der Waals surface area contributed by atoms with Crippen LogP contribution in [0.3, 0.4) is 0 Å². The number of nitrogens with zero attached hydrogens (tertiary/aromatic N) is 3. The van der Waals surface area contributed by atoms with Gasteiger partial charge in [0.2, 0.25) is 0 Å². The zero-order valence-electron chi connectivity index (χ0n) is 14.3. The highest BCUT2D eigenvalue weighted by molar-refractivity contribution is 5.79. The van der Waals surface area contributed by atoms with Crippen LogP contribution in [0.1, 0.15) is 16.7 Å². The van der Waals surface area contributed by atoms with Gasteiger partial charge in [-0.15, -0.1) is 0 Å². The lowest BCUT2D eigenvalue weighted by Crippen LogP contribution is -2.01. The van der Waals surface area contributed by atoms with E-state index in [0.717, 1.165) is 39.1 Å². The van der Waals surface area contributed by atoms with Crippen LogP contribution in [-0.2, 0) is 6.54 Å². The molecule has 0 atom stereocenters. The van der Waals surface area contributed by atoms with Crippen molar-refractivity contribution in [1.82, 2.24) is 15.0 Å². The van der Waals surface area contributed by atoms with Crippen molar-refractivity contribution >= 4 is 16.9 Å². The standard InChI is InChI=1S/C21H17N5/c1-14-9-15(11-22)4-5-18(14)16-6-8-23-20(10-16)25-12-17-13-26-21-19(17)3-2-7-24-21/h2-10,13H,12H2,1H3,(H,23,25)(H,24,26). The van der Waals surface area contributed by atoms with Crippen molar-refractivity contribution in [3.8, 4) is 17.2 Å². The summed E-state index contributed by atoms with van der Waals surface area (Å²) in [4.78, 5) is 11.9. The number of H-pyrrole nitrogens is 1. The summed E-state index contributed by atoms with van der Waals surface area (Å²) in [6, 6.07) is 15.9. The predicted molar refractivity (Wildman–Crippen MR) is 103 cm³/mol. The minimum atomic E-state index is 0.661. The smallest absolute Gasteiger partial charge is 0.137 e. The SMILES string of the molecule is Cc1cc(C#N)ccc1-c1ccnc(NCc2c[nH]c3ncccc23)c1. The van der Waals surface area contributed by atoms with Crippen LogP contribution in [0.4, 0.5) is 5.82 Å². The maximum Gasteiger partial charge on any atom is 0.137 e. The van der Waals surface area contributed by atoms with E-state index in [4.69, 9.17) is 5.26 Å². The van der Waals surface area contributed by atoms with Gasteiger partial charge in [0.15, 0.2) is 0 Å². The molecule has 0 radical (unpaired) electrons.